The zero-order valence-corrected chi connectivity index (χ0v) is 18.7. The van der Waals surface area contributed by atoms with Crippen LogP contribution in [0.5, 0.6) is 5.75 Å². The summed E-state index contributed by atoms with van der Waals surface area (Å²) in [5, 5.41) is 8.43. The van der Waals surface area contributed by atoms with Gasteiger partial charge in [0, 0.05) is 32.1 Å². The van der Waals surface area contributed by atoms with Crippen LogP contribution in [-0.4, -0.2) is 47.7 Å². The largest absolute Gasteiger partial charge is 0.494 e. The maximum Gasteiger partial charge on any atom is 0.494 e. The highest BCUT2D eigenvalue weighted by atomic mass is 16.7. The smallest absolute Gasteiger partial charge is 0.490 e. The van der Waals surface area contributed by atoms with Crippen LogP contribution in [0.25, 0.3) is 10.9 Å². The maximum atomic E-state index is 11.6. The second-order valence-corrected chi connectivity index (χ2v) is 9.37. The molecule has 2 aromatic rings. The first-order valence-electron chi connectivity index (χ1n) is 10.9. The fourth-order valence-corrected chi connectivity index (χ4v) is 4.42. The zero-order valence-electron chi connectivity index (χ0n) is 18.7. The first kappa shape index (κ1) is 21.2. The molecule has 2 aliphatic rings. The molecule has 2 aliphatic heterocycles. The summed E-state index contributed by atoms with van der Waals surface area (Å²) in [4.78, 5) is 11.6. The van der Waals surface area contributed by atoms with Crippen molar-refractivity contribution in [3.63, 3.8) is 0 Å². The molecule has 2 unspecified atom stereocenters. The molecular formula is C22H32BN3O4. The number of carbonyl (C=O) groups is 1. The lowest BCUT2D eigenvalue weighted by Crippen LogP contribution is -2.34. The van der Waals surface area contributed by atoms with E-state index in [9.17, 15) is 4.79 Å². The predicted molar refractivity (Wildman–Crippen MR) is 117 cm³/mol. The predicted octanol–water partition coefficient (Wildman–Crippen LogP) is 2.27. The van der Waals surface area contributed by atoms with Crippen molar-refractivity contribution in [1.82, 2.24) is 15.1 Å². The summed E-state index contributed by atoms with van der Waals surface area (Å²) in [5.41, 5.74) is 1.76. The summed E-state index contributed by atoms with van der Waals surface area (Å²) in [6, 6.07) is 4.04. The fourth-order valence-electron chi connectivity index (χ4n) is 4.42. The van der Waals surface area contributed by atoms with Gasteiger partial charge in [0.05, 0.1) is 23.1 Å². The molecule has 1 N–H and O–H groups in total. The van der Waals surface area contributed by atoms with Crippen molar-refractivity contribution in [2.24, 2.45) is 24.8 Å². The number of fused-ring (bicyclic) bond motifs is 1. The molecule has 30 heavy (non-hydrogen) atoms. The zero-order chi connectivity index (χ0) is 21.6. The number of hydrogen-bond acceptors (Lipinski definition) is 5. The van der Waals surface area contributed by atoms with Gasteiger partial charge in [0.15, 0.2) is 0 Å². The van der Waals surface area contributed by atoms with Gasteiger partial charge in [-0.3, -0.25) is 9.48 Å². The van der Waals surface area contributed by atoms with E-state index in [2.05, 4.69) is 38.1 Å². The minimum atomic E-state index is -0.441. The van der Waals surface area contributed by atoms with Gasteiger partial charge in [-0.15, -0.1) is 0 Å². The number of nitrogens with one attached hydrogen (secondary N) is 1. The minimum absolute atomic E-state index is 0.0493. The van der Waals surface area contributed by atoms with Gasteiger partial charge < -0.3 is 19.4 Å². The van der Waals surface area contributed by atoms with E-state index < -0.39 is 7.12 Å². The Morgan fingerprint density at radius 2 is 1.83 bits per heavy atom. The number of carbonyl (C=O) groups excluding carboxylic acids is 1. The molecule has 4 rings (SSSR count). The Balaban J connectivity index is 1.64. The van der Waals surface area contributed by atoms with Crippen LogP contribution >= 0.6 is 0 Å². The minimum Gasteiger partial charge on any atom is -0.490 e. The average molecular weight is 413 g/mol. The molecule has 1 aromatic carbocycles. The second kappa shape index (κ2) is 8.23. The van der Waals surface area contributed by atoms with E-state index in [1.807, 2.05) is 32.3 Å². The third-order valence-electron chi connectivity index (χ3n) is 6.18. The summed E-state index contributed by atoms with van der Waals surface area (Å²) >= 11 is 0. The number of nitrogens with zero attached hydrogens (tertiary/aromatic N) is 2. The number of ether oxygens (including phenoxy) is 1. The van der Waals surface area contributed by atoms with Gasteiger partial charge in [-0.1, -0.05) is 27.7 Å². The van der Waals surface area contributed by atoms with Gasteiger partial charge in [0.1, 0.15) is 11.9 Å². The maximum absolute atomic E-state index is 11.6. The Morgan fingerprint density at radius 3 is 2.40 bits per heavy atom. The Kier molecular flexibility index (Phi) is 5.81. The van der Waals surface area contributed by atoms with Crippen molar-refractivity contribution in [3.05, 3.63) is 18.3 Å². The molecule has 162 valence electrons. The van der Waals surface area contributed by atoms with E-state index >= 15 is 0 Å². The Hall–Kier alpha value is -2.06. The second-order valence-electron chi connectivity index (χ2n) is 9.37. The van der Waals surface area contributed by atoms with E-state index in [0.29, 0.717) is 24.8 Å². The Morgan fingerprint density at radius 1 is 1.17 bits per heavy atom. The van der Waals surface area contributed by atoms with Gasteiger partial charge in [-0.05, 0) is 36.4 Å². The van der Waals surface area contributed by atoms with Crippen molar-refractivity contribution in [3.8, 4) is 5.75 Å². The van der Waals surface area contributed by atoms with Crippen LogP contribution in [-0.2, 0) is 21.2 Å². The number of aromatic nitrogens is 2. The highest BCUT2D eigenvalue weighted by Gasteiger charge is 2.43. The van der Waals surface area contributed by atoms with Crippen LogP contribution in [0.1, 0.15) is 41.0 Å². The molecule has 0 saturated carbocycles. The molecule has 0 radical (unpaired) electrons. The van der Waals surface area contributed by atoms with Gasteiger partial charge in [0.25, 0.3) is 0 Å². The number of aryl methyl sites for hydroxylation is 1. The lowest BCUT2D eigenvalue weighted by Gasteiger charge is -2.24. The normalized spacial score (nSPS) is 25.5. The summed E-state index contributed by atoms with van der Waals surface area (Å²) in [6.07, 6.45) is 2.46. The van der Waals surface area contributed by atoms with E-state index in [1.54, 1.807) is 4.68 Å². The molecule has 2 fully saturated rings. The van der Waals surface area contributed by atoms with E-state index in [4.69, 9.17) is 14.0 Å². The van der Waals surface area contributed by atoms with Crippen molar-refractivity contribution >= 4 is 29.4 Å². The van der Waals surface area contributed by atoms with Crippen molar-refractivity contribution < 1.29 is 18.8 Å². The molecule has 4 atom stereocenters. The first-order valence-corrected chi connectivity index (χ1v) is 10.9. The Labute approximate surface area is 178 Å². The molecule has 0 bridgehead atoms. The SMILES string of the molecule is CC(C)C1OB(c2cc(O[C@H](C)[C@H]3CNC(=O)C3)c3cn(C)nc3c2)OC1C(C)C. The number of rotatable bonds is 6. The first-order chi connectivity index (χ1) is 14.2. The summed E-state index contributed by atoms with van der Waals surface area (Å²) in [5.74, 6) is 1.72. The standard InChI is InChI=1S/C22H32BN3O4/c1-12(2)21-22(13(3)4)30-23(29-21)16-8-18-17(11-26(6)25-18)19(9-16)28-14(5)15-7-20(27)24-10-15/h8-9,11-15,21-22H,7,10H2,1-6H3,(H,24,27)/t14-,15-,21?,22?/m1/s1. The lowest BCUT2D eigenvalue weighted by molar-refractivity contribution is -0.119. The highest BCUT2D eigenvalue weighted by molar-refractivity contribution is 6.62. The topological polar surface area (TPSA) is 74.6 Å². The van der Waals surface area contributed by atoms with Gasteiger partial charge in [0.2, 0.25) is 5.91 Å². The van der Waals surface area contributed by atoms with Gasteiger partial charge >= 0.3 is 7.12 Å². The molecular weight excluding hydrogens is 381 g/mol. The third kappa shape index (κ3) is 4.07. The fraction of sp³-hybridized carbons (Fsp3) is 0.636. The van der Waals surface area contributed by atoms with Crippen LogP contribution in [0, 0.1) is 17.8 Å². The van der Waals surface area contributed by atoms with E-state index in [1.165, 1.54) is 0 Å². The van der Waals surface area contributed by atoms with E-state index in [0.717, 1.165) is 22.1 Å². The van der Waals surface area contributed by atoms with Crippen LogP contribution in [0.2, 0.25) is 0 Å². The molecule has 0 aliphatic carbocycles. The van der Waals surface area contributed by atoms with E-state index in [-0.39, 0.29) is 30.1 Å². The van der Waals surface area contributed by atoms with Crippen molar-refractivity contribution in [2.45, 2.75) is 59.4 Å². The van der Waals surface area contributed by atoms with Gasteiger partial charge in [-0.25, -0.2) is 0 Å². The molecule has 2 saturated heterocycles. The molecule has 1 aromatic heterocycles. The molecule has 3 heterocycles. The number of benzene rings is 1. The molecule has 1 amide bonds. The highest BCUT2D eigenvalue weighted by Crippen LogP contribution is 2.31. The quantitative estimate of drug-likeness (QED) is 0.736. The van der Waals surface area contributed by atoms with Crippen LogP contribution in [0.3, 0.4) is 0 Å². The van der Waals surface area contributed by atoms with Crippen LogP contribution < -0.4 is 15.5 Å². The van der Waals surface area contributed by atoms with Crippen LogP contribution in [0.15, 0.2) is 18.3 Å². The monoisotopic (exact) mass is 413 g/mol. The average Bonchev–Trinajstić information content (AvgIpc) is 3.38. The molecule has 7 nitrogen and oxygen atoms in total. The van der Waals surface area contributed by atoms with Gasteiger partial charge in [-0.2, -0.15) is 5.10 Å². The molecule has 8 heteroatoms. The van der Waals surface area contributed by atoms with Crippen LogP contribution in [0.4, 0.5) is 0 Å². The summed E-state index contributed by atoms with van der Waals surface area (Å²) in [7, 11) is 1.46. The summed E-state index contributed by atoms with van der Waals surface area (Å²) in [6.45, 7) is 11.3. The number of amides is 1. The van der Waals surface area contributed by atoms with Crippen molar-refractivity contribution in [2.75, 3.05) is 6.54 Å². The lowest BCUT2D eigenvalue weighted by atomic mass is 9.78. The Bertz CT molecular complexity index is 912. The number of hydrogen-bond donors (Lipinski definition) is 1. The third-order valence-corrected chi connectivity index (χ3v) is 6.18. The molecule has 0 spiro atoms. The summed E-state index contributed by atoms with van der Waals surface area (Å²) < 4.78 is 20.8. The van der Waals surface area contributed by atoms with Crippen molar-refractivity contribution in [1.29, 1.82) is 0 Å².